The molecule has 0 bridgehead atoms. The van der Waals surface area contributed by atoms with Crippen molar-refractivity contribution in [2.45, 2.75) is 0 Å². The van der Waals surface area contributed by atoms with E-state index in [1.54, 1.807) is 18.2 Å². The molecule has 0 saturated carbocycles. The number of benzene rings is 1. The molecule has 0 aliphatic heterocycles. The zero-order valence-corrected chi connectivity index (χ0v) is 13.2. The molecular weight excluding hydrogens is 378 g/mol. The second-order valence-electron chi connectivity index (χ2n) is 4.30. The molecule has 1 N–H and O–H groups in total. The lowest BCUT2D eigenvalue weighted by Gasteiger charge is -2.06. The van der Waals surface area contributed by atoms with Gasteiger partial charge in [0.25, 0.3) is 5.91 Å². The van der Waals surface area contributed by atoms with E-state index >= 15 is 0 Å². The second kappa shape index (κ2) is 6.01. The van der Waals surface area contributed by atoms with Crippen LogP contribution in [0.5, 0.6) is 0 Å². The van der Waals surface area contributed by atoms with Crippen molar-refractivity contribution in [3.63, 3.8) is 0 Å². The topological polar surface area (TPSA) is 59.8 Å². The van der Waals surface area contributed by atoms with E-state index in [1.807, 2.05) is 0 Å². The Morgan fingerprint density at radius 2 is 2.14 bits per heavy atom. The van der Waals surface area contributed by atoms with Crippen molar-refractivity contribution in [3.8, 4) is 0 Å². The van der Waals surface area contributed by atoms with E-state index < -0.39 is 11.7 Å². The van der Waals surface area contributed by atoms with Crippen LogP contribution in [0.15, 0.2) is 41.1 Å². The fourth-order valence-electron chi connectivity index (χ4n) is 1.91. The van der Waals surface area contributed by atoms with Crippen LogP contribution in [0.2, 0.25) is 0 Å². The molecular formula is C13H7BrF2N4OS. The van der Waals surface area contributed by atoms with Crippen LogP contribution in [0.4, 0.5) is 14.0 Å². The van der Waals surface area contributed by atoms with Crippen LogP contribution in [0.1, 0.15) is 10.5 Å². The summed E-state index contributed by atoms with van der Waals surface area (Å²) >= 11 is 3.08. The van der Waals surface area contributed by atoms with Gasteiger partial charge < -0.3 is 5.32 Å². The molecule has 0 atom stereocenters. The molecule has 5 nitrogen and oxygen atoms in total. The molecule has 0 fully saturated rings. The summed E-state index contributed by atoms with van der Waals surface area (Å²) in [6, 6.07) is 6.07. The third kappa shape index (κ3) is 2.81. The van der Waals surface area contributed by atoms with Crippen LogP contribution in [-0.4, -0.2) is 20.1 Å². The van der Waals surface area contributed by atoms with Gasteiger partial charge in [-0.15, -0.1) is 3.89 Å². The van der Waals surface area contributed by atoms with Gasteiger partial charge in [0.15, 0.2) is 12.3 Å². The third-order valence-corrected chi connectivity index (χ3v) is 3.91. The van der Waals surface area contributed by atoms with Gasteiger partial charge in [0.05, 0.1) is 22.4 Å². The molecule has 0 radical (unpaired) electrons. The number of carbonyl (C=O) groups excluding carboxylic acids is 1. The molecule has 3 rings (SSSR count). The first-order valence-corrected chi connectivity index (χ1v) is 7.44. The Hall–Kier alpha value is -2.00. The van der Waals surface area contributed by atoms with Gasteiger partial charge in [-0.2, -0.15) is 9.19 Å². The van der Waals surface area contributed by atoms with Crippen LogP contribution in [0, 0.1) is 5.82 Å². The number of halogens is 3. The Morgan fingerprint density at radius 3 is 2.86 bits per heavy atom. The van der Waals surface area contributed by atoms with Crippen molar-refractivity contribution < 1.29 is 13.1 Å². The Bertz CT molecular complexity index is 870. The van der Waals surface area contributed by atoms with Crippen molar-refractivity contribution in [1.82, 2.24) is 14.2 Å². The van der Waals surface area contributed by atoms with Crippen LogP contribution in [-0.2, 0) is 0 Å². The SMILES string of the molecule is O=C(Nc1ccc2c(cnn2SF)c1)c1ncc(F)cc1Br. The quantitative estimate of drug-likeness (QED) is 0.742. The lowest BCUT2D eigenvalue weighted by atomic mass is 10.2. The maximum Gasteiger partial charge on any atom is 0.275 e. The van der Waals surface area contributed by atoms with Gasteiger partial charge in [0.2, 0.25) is 0 Å². The summed E-state index contributed by atoms with van der Waals surface area (Å²) in [6.07, 6.45) is 2.45. The minimum absolute atomic E-state index is 0.00862. The lowest BCUT2D eigenvalue weighted by molar-refractivity contribution is 0.102. The highest BCUT2D eigenvalue weighted by molar-refractivity contribution is 9.10. The molecule has 1 amide bonds. The number of nitrogens with one attached hydrogen (secondary N) is 1. The first kappa shape index (κ1) is 14.9. The summed E-state index contributed by atoms with van der Waals surface area (Å²) in [4.78, 5) is 15.9. The molecule has 112 valence electrons. The van der Waals surface area contributed by atoms with Crippen LogP contribution >= 0.6 is 28.3 Å². The molecule has 3 aromatic rings. The zero-order chi connectivity index (χ0) is 15.7. The van der Waals surface area contributed by atoms with Crippen LogP contribution in [0.25, 0.3) is 10.9 Å². The molecule has 0 spiro atoms. The maximum absolute atomic E-state index is 13.0. The van der Waals surface area contributed by atoms with Gasteiger partial charge >= 0.3 is 0 Å². The van der Waals surface area contributed by atoms with Crippen molar-refractivity contribution >= 4 is 50.8 Å². The number of fused-ring (bicyclic) bond motifs is 1. The number of hydrogen-bond donors (Lipinski definition) is 1. The first-order valence-electron chi connectivity index (χ1n) is 5.98. The van der Waals surface area contributed by atoms with E-state index in [2.05, 4.69) is 31.3 Å². The standard InChI is InChI=1S/C13H7BrF2N4OS/c14-10-4-8(15)6-17-12(10)13(21)19-9-1-2-11-7(3-9)5-18-20(11)22-16/h1-6H,(H,19,21). The molecule has 2 aromatic heterocycles. The largest absolute Gasteiger partial charge is 0.321 e. The van der Waals surface area contributed by atoms with Crippen LogP contribution in [0.3, 0.4) is 0 Å². The third-order valence-electron chi connectivity index (χ3n) is 2.88. The fourth-order valence-corrected chi connectivity index (χ4v) is 2.74. The first-order chi connectivity index (χ1) is 10.6. The summed E-state index contributed by atoms with van der Waals surface area (Å²) in [6.45, 7) is 0. The molecule has 2 heterocycles. The number of aromatic nitrogens is 3. The molecule has 0 saturated heterocycles. The Labute approximate surface area is 136 Å². The fraction of sp³-hybridized carbons (Fsp3) is 0. The predicted molar refractivity (Wildman–Crippen MR) is 83.7 cm³/mol. The lowest BCUT2D eigenvalue weighted by Crippen LogP contribution is -2.14. The summed E-state index contributed by atoms with van der Waals surface area (Å²) in [5.74, 6) is -1.03. The van der Waals surface area contributed by atoms with E-state index in [-0.39, 0.29) is 22.5 Å². The van der Waals surface area contributed by atoms with E-state index in [0.717, 1.165) is 16.4 Å². The second-order valence-corrected chi connectivity index (χ2v) is 5.64. The van der Waals surface area contributed by atoms with Crippen molar-refractivity contribution in [1.29, 1.82) is 0 Å². The number of hydrogen-bond acceptors (Lipinski definition) is 4. The Balaban J connectivity index is 1.87. The monoisotopic (exact) mass is 384 g/mol. The maximum atomic E-state index is 13.0. The van der Waals surface area contributed by atoms with Crippen LogP contribution < -0.4 is 5.32 Å². The van der Waals surface area contributed by atoms with Gasteiger partial charge in [-0.05, 0) is 40.2 Å². The molecule has 9 heteroatoms. The van der Waals surface area contributed by atoms with Gasteiger partial charge in [-0.1, -0.05) is 0 Å². The number of anilines is 1. The minimum Gasteiger partial charge on any atom is -0.321 e. The van der Waals surface area contributed by atoms with E-state index in [9.17, 15) is 13.1 Å². The molecule has 22 heavy (non-hydrogen) atoms. The minimum atomic E-state index is -0.541. The van der Waals surface area contributed by atoms with E-state index in [0.29, 0.717) is 16.6 Å². The van der Waals surface area contributed by atoms with Gasteiger partial charge in [0.1, 0.15) is 11.5 Å². The van der Waals surface area contributed by atoms with Crippen molar-refractivity contribution in [2.75, 3.05) is 5.32 Å². The number of carbonyl (C=O) groups is 1. The number of pyridine rings is 1. The molecule has 0 unspecified atom stereocenters. The normalized spacial score (nSPS) is 10.9. The van der Waals surface area contributed by atoms with E-state index in [4.69, 9.17) is 0 Å². The number of nitrogens with zero attached hydrogens (tertiary/aromatic N) is 3. The highest BCUT2D eigenvalue weighted by Crippen LogP contribution is 2.23. The summed E-state index contributed by atoms with van der Waals surface area (Å²) in [5.41, 5.74) is 1.15. The average molecular weight is 385 g/mol. The highest BCUT2D eigenvalue weighted by atomic mass is 79.9. The van der Waals surface area contributed by atoms with Crippen molar-refractivity contribution in [2.24, 2.45) is 0 Å². The number of rotatable bonds is 3. The highest BCUT2D eigenvalue weighted by Gasteiger charge is 2.13. The van der Waals surface area contributed by atoms with E-state index in [1.165, 1.54) is 6.20 Å². The van der Waals surface area contributed by atoms with Gasteiger partial charge in [-0.25, -0.2) is 9.37 Å². The van der Waals surface area contributed by atoms with Gasteiger partial charge in [0, 0.05) is 11.1 Å². The smallest absolute Gasteiger partial charge is 0.275 e. The van der Waals surface area contributed by atoms with Gasteiger partial charge in [-0.3, -0.25) is 4.79 Å². The average Bonchev–Trinajstić information content (AvgIpc) is 2.89. The summed E-state index contributed by atoms with van der Waals surface area (Å²) in [5, 5.41) is 7.17. The van der Waals surface area contributed by atoms with Crippen molar-refractivity contribution in [3.05, 3.63) is 52.6 Å². The summed E-state index contributed by atoms with van der Waals surface area (Å²) in [7, 11) is 0. The molecule has 1 aromatic carbocycles. The number of amides is 1. The summed E-state index contributed by atoms with van der Waals surface area (Å²) < 4.78 is 27.0. The Kier molecular flexibility index (Phi) is 4.08. The Morgan fingerprint density at radius 1 is 1.32 bits per heavy atom. The molecule has 0 aliphatic rings. The zero-order valence-electron chi connectivity index (χ0n) is 10.8. The molecule has 0 aliphatic carbocycles. The predicted octanol–water partition coefficient (Wildman–Crippen LogP) is 3.97.